The second-order valence-corrected chi connectivity index (χ2v) is 32.8. The Morgan fingerprint density at radius 2 is 0.777 bits per heavy atom. The van der Waals surface area contributed by atoms with Crippen LogP contribution in [-0.4, -0.2) is 151 Å². The monoisotopic (exact) mass is 1440 g/mol. The minimum absolute atomic E-state index is 0.0208. The topological polar surface area (TPSA) is 233 Å². The highest BCUT2D eigenvalue weighted by Gasteiger charge is 2.55. The summed E-state index contributed by atoms with van der Waals surface area (Å²) in [5, 5.41) is 24.7. The van der Waals surface area contributed by atoms with Gasteiger partial charge in [-0.1, -0.05) is 179 Å². The van der Waals surface area contributed by atoms with E-state index in [-0.39, 0.29) is 82.7 Å². The van der Waals surface area contributed by atoms with Gasteiger partial charge in [-0.2, -0.15) is 0 Å². The molecule has 10 rings (SSSR count). The summed E-state index contributed by atoms with van der Waals surface area (Å²) < 4.78 is 0. The number of rotatable bonds is 28. The third-order valence-corrected chi connectivity index (χ3v) is 23.6. The van der Waals surface area contributed by atoms with Crippen molar-refractivity contribution in [1.82, 2.24) is 42.5 Å². The minimum Gasteiger partial charge on any atom is -0.311 e. The van der Waals surface area contributed by atoms with Crippen molar-refractivity contribution in [3.8, 4) is 11.1 Å². The van der Waals surface area contributed by atoms with Gasteiger partial charge in [0.15, 0.2) is 0 Å². The van der Waals surface area contributed by atoms with Gasteiger partial charge in [0.25, 0.3) is 0 Å². The van der Waals surface area contributed by atoms with Gasteiger partial charge in [-0.05, 0) is 277 Å². The number of Topliss-reactive ketones (excluding diaryl/α,β-unsaturated/α-hetero) is 8. The van der Waals surface area contributed by atoms with Crippen LogP contribution in [0.4, 0.5) is 0 Å². The number of benzene rings is 2. The molecule has 0 radical (unpaired) electrons. The molecule has 103 heavy (non-hydrogen) atoms. The Morgan fingerprint density at radius 1 is 0.398 bits per heavy atom. The van der Waals surface area contributed by atoms with Crippen molar-refractivity contribution in [3.05, 3.63) is 60.2 Å². The fourth-order valence-corrected chi connectivity index (χ4v) is 18.5. The number of nitrogens with one attached hydrogen (secondary N) is 8. The average molecular weight is 1440 g/mol. The van der Waals surface area contributed by atoms with Gasteiger partial charge in [0.05, 0.1) is 48.3 Å². The van der Waals surface area contributed by atoms with Crippen LogP contribution in [0, 0.1) is 52.3 Å². The van der Waals surface area contributed by atoms with Crippen molar-refractivity contribution in [1.29, 1.82) is 0 Å². The van der Waals surface area contributed by atoms with Gasteiger partial charge in [0, 0.05) is 0 Å². The Kier molecular flexibility index (Phi) is 47.5. The van der Waals surface area contributed by atoms with E-state index in [2.05, 4.69) is 99.7 Å². The summed E-state index contributed by atoms with van der Waals surface area (Å²) in [5.41, 5.74) is 3.95. The van der Waals surface area contributed by atoms with Crippen LogP contribution in [0.5, 0.6) is 0 Å². The smallest absolute Gasteiger partial charge is 0.147 e. The van der Waals surface area contributed by atoms with Crippen LogP contribution in [0.15, 0.2) is 54.6 Å². The molecule has 0 saturated heterocycles. The van der Waals surface area contributed by atoms with Gasteiger partial charge in [-0.25, -0.2) is 0 Å². The zero-order chi connectivity index (χ0) is 77.2. The maximum absolute atomic E-state index is 11.8. The van der Waals surface area contributed by atoms with Crippen LogP contribution in [-0.2, 0) is 44.8 Å². The summed E-state index contributed by atoms with van der Waals surface area (Å²) in [6.45, 7) is 21.5. The Balaban J connectivity index is 0.000000405. The minimum atomic E-state index is -0.0948. The molecule has 8 N–H and O–H groups in total. The third kappa shape index (κ3) is 35.4. The maximum atomic E-state index is 11.8. The highest BCUT2D eigenvalue weighted by atomic mass is 16.2. The molecule has 16 nitrogen and oxygen atoms in total. The number of likely N-dealkylation sites (N-methyl/N-ethyl adjacent to an activating group) is 8. The van der Waals surface area contributed by atoms with E-state index in [4.69, 9.17) is 0 Å². The van der Waals surface area contributed by atoms with Crippen molar-refractivity contribution >= 4 is 46.3 Å². The van der Waals surface area contributed by atoms with E-state index in [1.165, 1.54) is 184 Å². The van der Waals surface area contributed by atoms with Crippen LogP contribution in [0.3, 0.4) is 0 Å². The summed E-state index contributed by atoms with van der Waals surface area (Å²) in [6.07, 6.45) is 38.4. The molecule has 8 aliphatic rings. The zero-order valence-corrected chi connectivity index (χ0v) is 68.8. The molecule has 0 aromatic heterocycles. The van der Waals surface area contributed by atoms with Gasteiger partial charge in [0.1, 0.15) is 46.3 Å². The standard InChI is InChI=1S/C17H19NO.C14H23NO.C12H23NO.C11H21NO.C10H19NO.C9H17NO.C8H17NO.C6H13NO/c1-13(19)17(18-2)12-14-8-10-16(11-9-14)15-6-4-3-5-7-15;1-9(16)13(15-2)14-6-10-3-11(7-14)5-12(4-10)8-14;1-10(14)12(13-2)9-8-11-6-4-3-5-7-11;1-9(13)11(12-2)8-10-6-4-3-5-7-10;1-8(12)10(11-2)9-6-4-3-5-7-9;1-7(11)9(10-2)8-5-3-4-6-8;1-6(10)7(9-5)8(2,3)4;1-4-6(7-3)5(2)8/h3-11,17-18H,12H2,1-2H3;10-13,15H,3-8H2,1-2H3;11-13H,3-9H2,1-2H3;10-12H,3-8H2,1-2H3;9-11H,3-7H2,1-2H3;8-10H,3-6H2,1-2H3;7,9H,1-5H3;6-7H,4H2,1-3H3/t17-;10?,11?,12?,13-,14?;12-;11-;10-;9-;7-;6-/m01001110/s1. The average Bonchev–Trinajstić information content (AvgIpc) is 1.01. The summed E-state index contributed by atoms with van der Waals surface area (Å²) in [5.74, 6) is 7.78. The van der Waals surface area contributed by atoms with E-state index in [9.17, 15) is 38.4 Å². The quantitative estimate of drug-likeness (QED) is 0.0396. The van der Waals surface area contributed by atoms with Gasteiger partial charge in [0.2, 0.25) is 0 Å². The summed E-state index contributed by atoms with van der Waals surface area (Å²) in [6, 6.07) is 19.2. The van der Waals surface area contributed by atoms with Crippen LogP contribution in [0.25, 0.3) is 11.1 Å². The van der Waals surface area contributed by atoms with E-state index in [0.717, 1.165) is 55.3 Å². The van der Waals surface area contributed by atoms with Crippen molar-refractivity contribution < 1.29 is 38.4 Å². The first-order valence-corrected chi connectivity index (χ1v) is 40.5. The van der Waals surface area contributed by atoms with Gasteiger partial charge in [-0.3, -0.25) is 38.4 Å². The highest BCUT2D eigenvalue weighted by molar-refractivity contribution is 5.84. The molecule has 0 heterocycles. The normalized spacial score (nSPS) is 22.5. The third-order valence-electron chi connectivity index (χ3n) is 23.6. The van der Waals surface area contributed by atoms with E-state index in [0.29, 0.717) is 34.6 Å². The molecule has 8 fully saturated rings. The van der Waals surface area contributed by atoms with Gasteiger partial charge in [-0.15, -0.1) is 0 Å². The predicted octanol–water partition coefficient (Wildman–Crippen LogP) is 15.0. The molecule has 8 aliphatic carbocycles. The molecular formula is C87H152N8O8. The molecule has 2 aromatic rings. The fraction of sp³-hybridized carbons (Fsp3) is 0.770. The molecule has 588 valence electrons. The second kappa shape index (κ2) is 51.7. The van der Waals surface area contributed by atoms with E-state index in [1.807, 2.05) is 74.5 Å². The van der Waals surface area contributed by atoms with Crippen molar-refractivity contribution in [2.45, 2.75) is 324 Å². The molecule has 8 saturated carbocycles. The zero-order valence-electron chi connectivity index (χ0n) is 68.8. The number of ketones is 8. The Labute approximate surface area is 628 Å². The lowest BCUT2D eigenvalue weighted by molar-refractivity contribution is -0.131. The highest BCUT2D eigenvalue weighted by Crippen LogP contribution is 2.61. The van der Waals surface area contributed by atoms with Crippen molar-refractivity contribution in [2.75, 3.05) is 56.4 Å². The first kappa shape index (κ1) is 94.6. The Bertz CT molecular complexity index is 2670. The predicted molar refractivity (Wildman–Crippen MR) is 430 cm³/mol. The lowest BCUT2D eigenvalue weighted by atomic mass is 9.47. The summed E-state index contributed by atoms with van der Waals surface area (Å²) in [4.78, 5) is 89.4. The number of hydrogen-bond donors (Lipinski definition) is 8. The molecule has 0 amide bonds. The van der Waals surface area contributed by atoms with Crippen LogP contribution in [0.2, 0.25) is 0 Å². The molecule has 0 spiro atoms. The van der Waals surface area contributed by atoms with E-state index < -0.39 is 0 Å². The summed E-state index contributed by atoms with van der Waals surface area (Å²) >= 11 is 0. The van der Waals surface area contributed by atoms with E-state index >= 15 is 0 Å². The lowest BCUT2D eigenvalue weighted by Crippen LogP contribution is -2.57. The lowest BCUT2D eigenvalue weighted by Gasteiger charge is -2.59. The Hall–Kier alpha value is -4.52. The molecule has 2 aromatic carbocycles. The maximum Gasteiger partial charge on any atom is 0.147 e. The number of carbonyl (C=O) groups excluding carboxylic acids is 8. The second-order valence-electron chi connectivity index (χ2n) is 32.8. The molecule has 16 heteroatoms. The van der Waals surface area contributed by atoms with Gasteiger partial charge >= 0.3 is 0 Å². The van der Waals surface area contributed by atoms with Crippen LogP contribution in [0.1, 0.15) is 275 Å². The SMILES string of the molecule is CC[C@H](NC)C(C)=O.CN[C@@H](CC1CCCCC1)C(C)=O.CN[C@@H](CCC1CCCCC1)C(C)=O.CN[C@@H](Cc1ccc(-c2ccccc2)cc1)C(C)=O.CN[C@H](C(C)=O)C(C)(C)C.CN[C@H](C(C)=O)C12CC3CC(CC(C3)C1)C2.CN[C@H](C(C)=O)C1CCCC1.CN[C@H](C(C)=O)C1CCCCC1. The van der Waals surface area contributed by atoms with Crippen LogP contribution < -0.4 is 42.5 Å². The van der Waals surface area contributed by atoms with Crippen molar-refractivity contribution in [2.24, 2.45) is 52.3 Å². The largest absolute Gasteiger partial charge is 0.311 e. The molecular weight excluding hydrogens is 1290 g/mol. The Morgan fingerprint density at radius 3 is 1.08 bits per heavy atom. The van der Waals surface area contributed by atoms with Crippen molar-refractivity contribution in [3.63, 3.8) is 0 Å². The molecule has 0 unspecified atom stereocenters. The van der Waals surface area contributed by atoms with Gasteiger partial charge < -0.3 is 42.5 Å². The number of hydrogen-bond acceptors (Lipinski definition) is 16. The molecule has 0 aliphatic heterocycles. The molecule has 8 atom stereocenters. The summed E-state index contributed by atoms with van der Waals surface area (Å²) in [7, 11) is 14.9. The first-order chi connectivity index (χ1) is 48.9. The fourth-order valence-electron chi connectivity index (χ4n) is 18.5. The first-order valence-electron chi connectivity index (χ1n) is 40.5. The van der Waals surface area contributed by atoms with Crippen LogP contribution >= 0.6 is 0 Å². The number of carbonyl (C=O) groups is 8. The molecule has 4 bridgehead atoms. The van der Waals surface area contributed by atoms with E-state index in [1.54, 1.807) is 62.4 Å².